The molecule has 1 aliphatic carbocycles. The van der Waals surface area contributed by atoms with Crippen molar-refractivity contribution >= 4 is 0 Å². The standard InChI is InChI=1S/C14H29N3/c1-16-9-4-7-14(12-15,8-10-16)17(2)11-13-5-3-6-13/h13H,3-12,15H2,1-2H3. The van der Waals surface area contributed by atoms with Crippen LogP contribution in [-0.2, 0) is 0 Å². The van der Waals surface area contributed by atoms with Crippen LogP contribution >= 0.6 is 0 Å². The van der Waals surface area contributed by atoms with E-state index in [1.54, 1.807) is 0 Å². The number of likely N-dealkylation sites (tertiary alicyclic amines) is 1. The molecular formula is C14H29N3. The minimum atomic E-state index is 0.278. The SMILES string of the molecule is CN1CCCC(CN)(N(C)CC2CCC2)CC1. The number of nitrogens with zero attached hydrogens (tertiary/aromatic N) is 2. The lowest BCUT2D eigenvalue weighted by molar-refractivity contribution is 0.0722. The summed E-state index contributed by atoms with van der Waals surface area (Å²) < 4.78 is 0. The average Bonchev–Trinajstić information content (AvgIpc) is 2.46. The van der Waals surface area contributed by atoms with Gasteiger partial charge in [0.25, 0.3) is 0 Å². The van der Waals surface area contributed by atoms with Gasteiger partial charge in [-0.1, -0.05) is 6.42 Å². The predicted octanol–water partition coefficient (Wildman–Crippen LogP) is 1.53. The van der Waals surface area contributed by atoms with Crippen molar-refractivity contribution in [1.82, 2.24) is 9.80 Å². The quantitative estimate of drug-likeness (QED) is 0.807. The van der Waals surface area contributed by atoms with Crippen molar-refractivity contribution in [3.05, 3.63) is 0 Å². The van der Waals surface area contributed by atoms with E-state index in [4.69, 9.17) is 5.73 Å². The first-order valence-corrected chi connectivity index (χ1v) is 7.26. The Morgan fingerprint density at radius 3 is 2.59 bits per heavy atom. The monoisotopic (exact) mass is 239 g/mol. The summed E-state index contributed by atoms with van der Waals surface area (Å²) in [5.74, 6) is 0.949. The van der Waals surface area contributed by atoms with Crippen LogP contribution in [0.4, 0.5) is 0 Å². The van der Waals surface area contributed by atoms with Crippen molar-refractivity contribution in [2.75, 3.05) is 40.3 Å². The molecular weight excluding hydrogens is 210 g/mol. The molecule has 1 heterocycles. The maximum absolute atomic E-state index is 6.13. The summed E-state index contributed by atoms with van der Waals surface area (Å²) >= 11 is 0. The normalized spacial score (nSPS) is 32.5. The van der Waals surface area contributed by atoms with Crippen LogP contribution in [0.5, 0.6) is 0 Å². The highest BCUT2D eigenvalue weighted by atomic mass is 15.2. The number of nitrogens with two attached hydrogens (primary N) is 1. The second-order valence-corrected chi connectivity index (χ2v) is 6.26. The predicted molar refractivity (Wildman–Crippen MR) is 73.1 cm³/mol. The first-order chi connectivity index (χ1) is 8.16. The smallest absolute Gasteiger partial charge is 0.0341 e. The fourth-order valence-electron chi connectivity index (χ4n) is 3.31. The van der Waals surface area contributed by atoms with Gasteiger partial charge in [0.2, 0.25) is 0 Å². The first kappa shape index (κ1) is 13.3. The van der Waals surface area contributed by atoms with Gasteiger partial charge in [-0.15, -0.1) is 0 Å². The summed E-state index contributed by atoms with van der Waals surface area (Å²) in [5, 5.41) is 0. The molecule has 0 bridgehead atoms. The second-order valence-electron chi connectivity index (χ2n) is 6.26. The van der Waals surface area contributed by atoms with Crippen LogP contribution in [0.2, 0.25) is 0 Å². The van der Waals surface area contributed by atoms with E-state index in [9.17, 15) is 0 Å². The third-order valence-electron chi connectivity index (χ3n) is 5.09. The van der Waals surface area contributed by atoms with Crippen LogP contribution in [0.15, 0.2) is 0 Å². The zero-order valence-electron chi connectivity index (χ0n) is 11.6. The molecule has 0 amide bonds. The van der Waals surface area contributed by atoms with Crippen molar-refractivity contribution in [1.29, 1.82) is 0 Å². The second kappa shape index (κ2) is 5.68. The number of hydrogen-bond acceptors (Lipinski definition) is 3. The Kier molecular flexibility index (Phi) is 4.45. The fraction of sp³-hybridized carbons (Fsp3) is 1.00. The summed E-state index contributed by atoms with van der Waals surface area (Å²) in [6, 6.07) is 0. The molecule has 0 spiro atoms. The van der Waals surface area contributed by atoms with Gasteiger partial charge in [0.05, 0.1) is 0 Å². The van der Waals surface area contributed by atoms with Gasteiger partial charge in [-0.05, 0) is 65.2 Å². The maximum Gasteiger partial charge on any atom is 0.0341 e. The molecule has 17 heavy (non-hydrogen) atoms. The van der Waals surface area contributed by atoms with E-state index in [-0.39, 0.29) is 5.54 Å². The number of likely N-dealkylation sites (N-methyl/N-ethyl adjacent to an activating group) is 1. The Bertz CT molecular complexity index is 240. The van der Waals surface area contributed by atoms with Gasteiger partial charge in [0.1, 0.15) is 0 Å². The third kappa shape index (κ3) is 3.01. The van der Waals surface area contributed by atoms with Crippen LogP contribution in [-0.4, -0.2) is 55.6 Å². The summed E-state index contributed by atoms with van der Waals surface area (Å²) in [7, 11) is 4.54. The highest BCUT2D eigenvalue weighted by Crippen LogP contribution is 2.32. The minimum Gasteiger partial charge on any atom is -0.329 e. The van der Waals surface area contributed by atoms with E-state index in [0.717, 1.165) is 12.5 Å². The lowest BCUT2D eigenvalue weighted by Gasteiger charge is -2.44. The van der Waals surface area contributed by atoms with Gasteiger partial charge in [0, 0.05) is 18.6 Å². The Balaban J connectivity index is 1.95. The molecule has 0 aromatic rings. The van der Waals surface area contributed by atoms with E-state index in [1.165, 1.54) is 58.2 Å². The van der Waals surface area contributed by atoms with Gasteiger partial charge < -0.3 is 10.6 Å². The first-order valence-electron chi connectivity index (χ1n) is 7.26. The molecule has 2 aliphatic rings. The molecule has 1 atom stereocenters. The van der Waals surface area contributed by atoms with Crippen molar-refractivity contribution in [2.45, 2.75) is 44.1 Å². The van der Waals surface area contributed by atoms with Crippen LogP contribution in [0.25, 0.3) is 0 Å². The molecule has 1 aliphatic heterocycles. The van der Waals surface area contributed by atoms with E-state index >= 15 is 0 Å². The average molecular weight is 239 g/mol. The molecule has 0 aromatic heterocycles. The summed E-state index contributed by atoms with van der Waals surface area (Å²) in [6.07, 6.45) is 8.12. The van der Waals surface area contributed by atoms with E-state index in [1.807, 2.05) is 0 Å². The van der Waals surface area contributed by atoms with Crippen LogP contribution in [0.1, 0.15) is 38.5 Å². The molecule has 0 aromatic carbocycles. The topological polar surface area (TPSA) is 32.5 Å². The summed E-state index contributed by atoms with van der Waals surface area (Å²) in [6.45, 7) is 4.52. The third-order valence-corrected chi connectivity index (χ3v) is 5.09. The van der Waals surface area contributed by atoms with Crippen molar-refractivity contribution in [3.63, 3.8) is 0 Å². The summed E-state index contributed by atoms with van der Waals surface area (Å²) in [4.78, 5) is 5.05. The van der Waals surface area contributed by atoms with Crippen LogP contribution in [0.3, 0.4) is 0 Å². The molecule has 2 rings (SSSR count). The Labute approximate surface area is 106 Å². The molecule has 3 heteroatoms. The fourth-order valence-corrected chi connectivity index (χ4v) is 3.31. The van der Waals surface area contributed by atoms with Gasteiger partial charge in [-0.2, -0.15) is 0 Å². The molecule has 1 saturated carbocycles. The number of rotatable bonds is 4. The van der Waals surface area contributed by atoms with Crippen molar-refractivity contribution in [3.8, 4) is 0 Å². The molecule has 2 fully saturated rings. The van der Waals surface area contributed by atoms with Crippen molar-refractivity contribution in [2.24, 2.45) is 11.7 Å². The molecule has 100 valence electrons. The molecule has 2 N–H and O–H groups in total. The van der Waals surface area contributed by atoms with Gasteiger partial charge in [-0.25, -0.2) is 0 Å². The Morgan fingerprint density at radius 1 is 1.24 bits per heavy atom. The van der Waals surface area contributed by atoms with Gasteiger partial charge in [-0.3, -0.25) is 4.90 Å². The molecule has 0 radical (unpaired) electrons. The van der Waals surface area contributed by atoms with Crippen LogP contribution in [0, 0.1) is 5.92 Å². The van der Waals surface area contributed by atoms with Gasteiger partial charge in [0.15, 0.2) is 0 Å². The largest absolute Gasteiger partial charge is 0.329 e. The zero-order chi connectivity index (χ0) is 12.3. The number of hydrogen-bond donors (Lipinski definition) is 1. The van der Waals surface area contributed by atoms with E-state index in [0.29, 0.717) is 0 Å². The lowest BCUT2D eigenvalue weighted by atomic mass is 9.82. The van der Waals surface area contributed by atoms with Crippen molar-refractivity contribution < 1.29 is 0 Å². The summed E-state index contributed by atoms with van der Waals surface area (Å²) in [5.41, 5.74) is 6.41. The Morgan fingerprint density at radius 2 is 2.00 bits per heavy atom. The maximum atomic E-state index is 6.13. The highest BCUT2D eigenvalue weighted by molar-refractivity contribution is 4.94. The van der Waals surface area contributed by atoms with E-state index < -0.39 is 0 Å². The molecule has 1 unspecified atom stereocenters. The molecule has 1 saturated heterocycles. The highest BCUT2D eigenvalue weighted by Gasteiger charge is 2.36. The Hall–Kier alpha value is -0.120. The molecule has 3 nitrogen and oxygen atoms in total. The lowest BCUT2D eigenvalue weighted by Crippen LogP contribution is -2.54. The minimum absolute atomic E-state index is 0.278. The van der Waals surface area contributed by atoms with Crippen LogP contribution < -0.4 is 5.73 Å². The zero-order valence-corrected chi connectivity index (χ0v) is 11.6. The van der Waals surface area contributed by atoms with Gasteiger partial charge >= 0.3 is 0 Å². The van der Waals surface area contributed by atoms with E-state index in [2.05, 4.69) is 23.9 Å².